The summed E-state index contributed by atoms with van der Waals surface area (Å²) in [5, 5.41) is 33.1. The van der Waals surface area contributed by atoms with Crippen LogP contribution >= 0.6 is 0 Å². The molecule has 198 valence electrons. The predicted octanol–water partition coefficient (Wildman–Crippen LogP) is 1.24. The van der Waals surface area contributed by atoms with E-state index in [4.69, 9.17) is 44.3 Å². The molecule has 0 spiro atoms. The van der Waals surface area contributed by atoms with Crippen LogP contribution in [0.2, 0.25) is 0 Å². The Labute approximate surface area is 206 Å². The van der Waals surface area contributed by atoms with Gasteiger partial charge in [0.05, 0.1) is 13.2 Å². The third-order valence-electron chi connectivity index (χ3n) is 5.02. The minimum atomic E-state index is -1.82. The number of ether oxygens (including phenoxy) is 1. The Balaban J connectivity index is 0.000000450. The van der Waals surface area contributed by atoms with Gasteiger partial charge in [0.25, 0.3) is 0 Å². The molecule has 2 heterocycles. The molecule has 12 nitrogen and oxygen atoms in total. The average molecular weight is 512 g/mol. The Bertz CT molecular complexity index is 970. The largest absolute Gasteiger partial charge is 0.473 e. The lowest BCUT2D eigenvalue weighted by Gasteiger charge is -2.35. The first kappa shape index (κ1) is 30.2. The van der Waals surface area contributed by atoms with E-state index in [0.29, 0.717) is 0 Å². The van der Waals surface area contributed by atoms with Crippen molar-refractivity contribution < 1.29 is 48.7 Å². The standard InChI is InChI=1S/C19H26FN3O.2C2H2O4/c1-14-11-17(15(2)22-14)12-21-13-19(23-7-9-24-10-8-23)16-3-5-18(20)6-4-16;2*3-1(4)2(5)6/h3-6,11,19,21-22H,7-10,12-13H2,1-2H3;2*(H,3,4)(H,5,6). The summed E-state index contributed by atoms with van der Waals surface area (Å²) in [5.74, 6) is -7.49. The number of nitrogens with one attached hydrogen (secondary N) is 2. The summed E-state index contributed by atoms with van der Waals surface area (Å²) in [6, 6.07) is 9.29. The molecule has 6 N–H and O–H groups in total. The van der Waals surface area contributed by atoms with Gasteiger partial charge in [0.1, 0.15) is 5.82 Å². The third-order valence-corrected chi connectivity index (χ3v) is 5.02. The molecule has 1 aromatic carbocycles. The number of hydrogen-bond acceptors (Lipinski definition) is 7. The number of rotatable bonds is 6. The van der Waals surface area contributed by atoms with E-state index in [1.165, 1.54) is 17.0 Å². The average Bonchev–Trinajstić information content (AvgIpc) is 3.15. The van der Waals surface area contributed by atoms with Crippen LogP contribution in [0.3, 0.4) is 0 Å². The van der Waals surface area contributed by atoms with Gasteiger partial charge in [-0.05, 0) is 43.2 Å². The molecule has 1 aliphatic rings. The number of H-pyrrole nitrogens is 1. The topological polar surface area (TPSA) is 189 Å². The molecule has 1 saturated heterocycles. The first-order valence-corrected chi connectivity index (χ1v) is 10.8. The van der Waals surface area contributed by atoms with E-state index in [0.717, 1.165) is 45.0 Å². The van der Waals surface area contributed by atoms with Crippen molar-refractivity contribution in [1.29, 1.82) is 0 Å². The number of benzene rings is 1. The summed E-state index contributed by atoms with van der Waals surface area (Å²) in [5.41, 5.74) is 4.84. The van der Waals surface area contributed by atoms with E-state index >= 15 is 0 Å². The van der Waals surface area contributed by atoms with Gasteiger partial charge in [-0.1, -0.05) is 12.1 Å². The van der Waals surface area contributed by atoms with Gasteiger partial charge in [0, 0.05) is 43.6 Å². The molecule has 1 unspecified atom stereocenters. The molecule has 13 heteroatoms. The van der Waals surface area contributed by atoms with Gasteiger partial charge in [-0.3, -0.25) is 4.90 Å². The number of aryl methyl sites for hydroxylation is 2. The minimum Gasteiger partial charge on any atom is -0.473 e. The van der Waals surface area contributed by atoms with E-state index in [1.54, 1.807) is 12.1 Å². The van der Waals surface area contributed by atoms with Crippen LogP contribution in [-0.4, -0.2) is 87.0 Å². The highest BCUT2D eigenvalue weighted by molar-refractivity contribution is 6.27. The van der Waals surface area contributed by atoms with Crippen molar-refractivity contribution >= 4 is 23.9 Å². The Kier molecular flexibility index (Phi) is 12.8. The smallest absolute Gasteiger partial charge is 0.414 e. The lowest BCUT2D eigenvalue weighted by Crippen LogP contribution is -2.42. The van der Waals surface area contributed by atoms with Gasteiger partial charge in [-0.2, -0.15) is 0 Å². The van der Waals surface area contributed by atoms with Crippen LogP contribution in [0.1, 0.15) is 28.6 Å². The van der Waals surface area contributed by atoms with Gasteiger partial charge < -0.3 is 35.5 Å². The highest BCUT2D eigenvalue weighted by Gasteiger charge is 2.22. The molecule has 1 atom stereocenters. The molecular weight excluding hydrogens is 481 g/mol. The lowest BCUT2D eigenvalue weighted by atomic mass is 10.0. The van der Waals surface area contributed by atoms with Gasteiger partial charge in [-0.15, -0.1) is 0 Å². The van der Waals surface area contributed by atoms with Crippen molar-refractivity contribution in [2.24, 2.45) is 0 Å². The van der Waals surface area contributed by atoms with Crippen LogP contribution < -0.4 is 5.32 Å². The van der Waals surface area contributed by atoms with Crippen LogP contribution in [0.5, 0.6) is 0 Å². The second-order valence-electron chi connectivity index (χ2n) is 7.67. The minimum absolute atomic E-state index is 0.189. The number of carboxylic acids is 4. The number of aliphatic carboxylic acids is 4. The highest BCUT2D eigenvalue weighted by atomic mass is 19.1. The number of nitrogens with zero attached hydrogens (tertiary/aromatic N) is 1. The maximum atomic E-state index is 13.3. The lowest BCUT2D eigenvalue weighted by molar-refractivity contribution is -0.159. The second kappa shape index (κ2) is 15.2. The molecule has 0 aliphatic carbocycles. The summed E-state index contributed by atoms with van der Waals surface area (Å²) in [4.78, 5) is 42.2. The summed E-state index contributed by atoms with van der Waals surface area (Å²) in [7, 11) is 0. The fourth-order valence-corrected chi connectivity index (χ4v) is 3.34. The second-order valence-corrected chi connectivity index (χ2v) is 7.67. The summed E-state index contributed by atoms with van der Waals surface area (Å²) >= 11 is 0. The molecule has 0 saturated carbocycles. The molecule has 3 rings (SSSR count). The van der Waals surface area contributed by atoms with E-state index in [2.05, 4.69) is 35.1 Å². The van der Waals surface area contributed by atoms with Crippen LogP contribution in [0, 0.1) is 19.7 Å². The number of carbonyl (C=O) groups is 4. The maximum Gasteiger partial charge on any atom is 0.414 e. The summed E-state index contributed by atoms with van der Waals surface area (Å²) in [6.45, 7) is 9.17. The summed E-state index contributed by atoms with van der Waals surface area (Å²) < 4.78 is 18.7. The normalized spacial score (nSPS) is 13.9. The molecule has 1 fully saturated rings. The van der Waals surface area contributed by atoms with E-state index in [9.17, 15) is 4.39 Å². The zero-order chi connectivity index (χ0) is 27.3. The first-order chi connectivity index (χ1) is 16.9. The number of aromatic nitrogens is 1. The molecule has 1 aromatic heterocycles. The van der Waals surface area contributed by atoms with Gasteiger partial charge in [0.2, 0.25) is 0 Å². The molecular formula is C23H30FN3O9. The van der Waals surface area contributed by atoms with Crippen LogP contribution in [-0.2, 0) is 30.5 Å². The first-order valence-electron chi connectivity index (χ1n) is 10.8. The van der Waals surface area contributed by atoms with E-state index in [-0.39, 0.29) is 11.9 Å². The van der Waals surface area contributed by atoms with E-state index in [1.807, 2.05) is 12.1 Å². The Morgan fingerprint density at radius 1 is 0.972 bits per heavy atom. The number of aromatic amines is 1. The SMILES string of the molecule is Cc1cc(CNCC(c2ccc(F)cc2)N2CCOCC2)c(C)[nH]1.O=C(O)C(=O)O.O=C(O)C(=O)O. The van der Waals surface area contributed by atoms with Gasteiger partial charge >= 0.3 is 23.9 Å². The van der Waals surface area contributed by atoms with Crippen LogP contribution in [0.4, 0.5) is 4.39 Å². The summed E-state index contributed by atoms with van der Waals surface area (Å²) in [6.07, 6.45) is 0. The zero-order valence-corrected chi connectivity index (χ0v) is 19.9. The third kappa shape index (κ3) is 11.1. The Hall–Kier alpha value is -3.81. The Morgan fingerprint density at radius 2 is 1.47 bits per heavy atom. The fourth-order valence-electron chi connectivity index (χ4n) is 3.34. The van der Waals surface area contributed by atoms with Gasteiger partial charge in [-0.25, -0.2) is 23.6 Å². The molecule has 1 aliphatic heterocycles. The van der Waals surface area contributed by atoms with Crippen molar-refractivity contribution in [3.8, 4) is 0 Å². The van der Waals surface area contributed by atoms with Crippen molar-refractivity contribution in [3.63, 3.8) is 0 Å². The van der Waals surface area contributed by atoms with Crippen molar-refractivity contribution in [2.45, 2.75) is 26.4 Å². The maximum absolute atomic E-state index is 13.3. The van der Waals surface area contributed by atoms with Crippen LogP contribution in [0.25, 0.3) is 0 Å². The molecule has 0 radical (unpaired) electrons. The predicted molar refractivity (Wildman–Crippen MR) is 124 cm³/mol. The molecule has 36 heavy (non-hydrogen) atoms. The monoisotopic (exact) mass is 511 g/mol. The quantitative estimate of drug-likeness (QED) is 0.306. The number of halogens is 1. The molecule has 0 amide bonds. The van der Waals surface area contributed by atoms with Crippen LogP contribution in [0.15, 0.2) is 30.3 Å². The van der Waals surface area contributed by atoms with Crippen molar-refractivity contribution in [1.82, 2.24) is 15.2 Å². The number of hydrogen-bond donors (Lipinski definition) is 6. The van der Waals surface area contributed by atoms with E-state index < -0.39 is 23.9 Å². The zero-order valence-electron chi connectivity index (χ0n) is 19.9. The number of morpholine rings is 1. The van der Waals surface area contributed by atoms with Crippen molar-refractivity contribution in [2.75, 3.05) is 32.8 Å². The fraction of sp³-hybridized carbons (Fsp3) is 0.391. The molecule has 0 bridgehead atoms. The Morgan fingerprint density at radius 3 is 1.89 bits per heavy atom. The van der Waals surface area contributed by atoms with Crippen molar-refractivity contribution in [3.05, 3.63) is 58.7 Å². The number of carboxylic acid groups (broad SMARTS) is 4. The van der Waals surface area contributed by atoms with Gasteiger partial charge in [0.15, 0.2) is 0 Å². The molecule has 2 aromatic rings. The highest BCUT2D eigenvalue weighted by Crippen LogP contribution is 2.22.